The van der Waals surface area contributed by atoms with Crippen LogP contribution in [0, 0.1) is 0 Å². The lowest BCUT2D eigenvalue weighted by Crippen LogP contribution is -2.04. The molecular formula is C15H16BrNO2. The molecule has 2 aromatic rings. The van der Waals surface area contributed by atoms with E-state index in [1.165, 1.54) is 0 Å². The van der Waals surface area contributed by atoms with Crippen LogP contribution >= 0.6 is 15.9 Å². The minimum Gasteiger partial charge on any atom is -0.456 e. The molecular weight excluding hydrogens is 306 g/mol. The molecule has 2 aromatic carbocycles. The second-order valence-electron chi connectivity index (χ2n) is 4.38. The number of ether oxygens (including phenoxy) is 1. The van der Waals surface area contributed by atoms with Gasteiger partial charge in [0.25, 0.3) is 0 Å². The maximum atomic E-state index is 8.98. The normalized spacial score (nSPS) is 12.2. The number of rotatable bonds is 4. The molecule has 0 aromatic heterocycles. The summed E-state index contributed by atoms with van der Waals surface area (Å²) in [6.45, 7) is 1.98. The number of nitrogens with two attached hydrogens (primary N) is 1. The van der Waals surface area contributed by atoms with Crippen molar-refractivity contribution in [3.63, 3.8) is 0 Å². The Labute approximate surface area is 121 Å². The van der Waals surface area contributed by atoms with Crippen LogP contribution in [-0.4, -0.2) is 5.11 Å². The van der Waals surface area contributed by atoms with E-state index in [2.05, 4.69) is 15.9 Å². The predicted octanol–water partition coefficient (Wildman–Crippen LogP) is 3.75. The van der Waals surface area contributed by atoms with E-state index in [4.69, 9.17) is 15.6 Å². The molecule has 0 fully saturated rings. The van der Waals surface area contributed by atoms with Crippen LogP contribution in [0.25, 0.3) is 0 Å². The zero-order valence-corrected chi connectivity index (χ0v) is 12.2. The molecule has 3 N–H and O–H groups in total. The van der Waals surface area contributed by atoms with E-state index in [1.807, 2.05) is 49.4 Å². The summed E-state index contributed by atoms with van der Waals surface area (Å²) in [5.41, 5.74) is 7.74. The fourth-order valence-corrected chi connectivity index (χ4v) is 2.15. The van der Waals surface area contributed by atoms with Crippen molar-refractivity contribution >= 4 is 15.9 Å². The van der Waals surface area contributed by atoms with Crippen molar-refractivity contribution in [2.45, 2.75) is 19.6 Å². The fourth-order valence-electron chi connectivity index (χ4n) is 1.67. The maximum Gasteiger partial charge on any atom is 0.141 e. The predicted molar refractivity (Wildman–Crippen MR) is 79.2 cm³/mol. The third-order valence-electron chi connectivity index (χ3n) is 2.82. The quantitative estimate of drug-likeness (QED) is 0.901. The van der Waals surface area contributed by atoms with E-state index >= 15 is 0 Å². The van der Waals surface area contributed by atoms with E-state index in [0.717, 1.165) is 27.1 Å². The molecule has 19 heavy (non-hydrogen) atoms. The summed E-state index contributed by atoms with van der Waals surface area (Å²) >= 11 is 3.48. The van der Waals surface area contributed by atoms with Crippen molar-refractivity contribution in [1.29, 1.82) is 0 Å². The molecule has 0 bridgehead atoms. The minimum atomic E-state index is -0.00538. The Balaban J connectivity index is 2.18. The number of hydrogen-bond acceptors (Lipinski definition) is 3. The molecule has 4 heteroatoms. The van der Waals surface area contributed by atoms with Crippen LogP contribution in [0.4, 0.5) is 0 Å². The topological polar surface area (TPSA) is 55.5 Å². The van der Waals surface area contributed by atoms with Gasteiger partial charge in [-0.15, -0.1) is 0 Å². The van der Waals surface area contributed by atoms with Crippen molar-refractivity contribution in [1.82, 2.24) is 0 Å². The van der Waals surface area contributed by atoms with E-state index in [-0.39, 0.29) is 12.6 Å². The highest BCUT2D eigenvalue weighted by atomic mass is 79.9. The van der Waals surface area contributed by atoms with Crippen LogP contribution in [-0.2, 0) is 6.61 Å². The van der Waals surface area contributed by atoms with Gasteiger partial charge in [0.05, 0.1) is 11.1 Å². The molecule has 0 aliphatic carbocycles. The summed E-state index contributed by atoms with van der Waals surface area (Å²) in [6, 6.07) is 13.1. The van der Waals surface area contributed by atoms with Crippen molar-refractivity contribution in [2.24, 2.45) is 5.73 Å². The highest BCUT2D eigenvalue weighted by Gasteiger charge is 2.06. The molecule has 0 aliphatic rings. The molecule has 0 heterocycles. The van der Waals surface area contributed by atoms with Gasteiger partial charge >= 0.3 is 0 Å². The van der Waals surface area contributed by atoms with Crippen molar-refractivity contribution in [3.8, 4) is 11.5 Å². The Hall–Kier alpha value is -1.36. The highest BCUT2D eigenvalue weighted by molar-refractivity contribution is 9.10. The largest absolute Gasteiger partial charge is 0.456 e. The third-order valence-corrected chi connectivity index (χ3v) is 3.44. The minimum absolute atomic E-state index is 0.00538. The first-order chi connectivity index (χ1) is 9.10. The number of halogens is 1. The number of benzene rings is 2. The average molecular weight is 322 g/mol. The Morgan fingerprint density at radius 3 is 2.42 bits per heavy atom. The van der Waals surface area contributed by atoms with Gasteiger partial charge in [0, 0.05) is 6.04 Å². The SMILES string of the molecule is CC(N)c1ccc(Oc2ccc(CO)cc2)c(Br)c1. The zero-order chi connectivity index (χ0) is 13.8. The zero-order valence-electron chi connectivity index (χ0n) is 10.6. The second kappa shape index (κ2) is 6.19. The van der Waals surface area contributed by atoms with E-state index < -0.39 is 0 Å². The second-order valence-corrected chi connectivity index (χ2v) is 5.24. The Morgan fingerprint density at radius 1 is 1.21 bits per heavy atom. The van der Waals surface area contributed by atoms with Gasteiger partial charge in [-0.05, 0) is 58.2 Å². The molecule has 3 nitrogen and oxygen atoms in total. The van der Waals surface area contributed by atoms with Crippen LogP contribution in [0.2, 0.25) is 0 Å². The lowest BCUT2D eigenvalue weighted by molar-refractivity contribution is 0.281. The van der Waals surface area contributed by atoms with E-state index in [1.54, 1.807) is 0 Å². The summed E-state index contributed by atoms with van der Waals surface area (Å²) in [7, 11) is 0. The average Bonchev–Trinajstić information content (AvgIpc) is 2.41. The van der Waals surface area contributed by atoms with Crippen LogP contribution in [0.15, 0.2) is 46.9 Å². The molecule has 1 unspecified atom stereocenters. The molecule has 100 valence electrons. The summed E-state index contributed by atoms with van der Waals surface area (Å²) in [5.74, 6) is 1.47. The van der Waals surface area contributed by atoms with Crippen molar-refractivity contribution in [2.75, 3.05) is 0 Å². The van der Waals surface area contributed by atoms with E-state index in [9.17, 15) is 0 Å². The van der Waals surface area contributed by atoms with E-state index in [0.29, 0.717) is 0 Å². The van der Waals surface area contributed by atoms with Crippen LogP contribution in [0.1, 0.15) is 24.1 Å². The maximum absolute atomic E-state index is 8.98. The summed E-state index contributed by atoms with van der Waals surface area (Å²) < 4.78 is 6.64. The molecule has 0 saturated heterocycles. The van der Waals surface area contributed by atoms with Crippen LogP contribution in [0.5, 0.6) is 11.5 Å². The van der Waals surface area contributed by atoms with Gasteiger partial charge < -0.3 is 15.6 Å². The standard InChI is InChI=1S/C15H16BrNO2/c1-10(17)12-4-7-15(14(16)8-12)19-13-5-2-11(9-18)3-6-13/h2-8,10,18H,9,17H2,1H3. The summed E-state index contributed by atoms with van der Waals surface area (Å²) in [6.07, 6.45) is 0. The monoisotopic (exact) mass is 321 g/mol. The number of aliphatic hydroxyl groups excluding tert-OH is 1. The fraction of sp³-hybridized carbons (Fsp3) is 0.200. The first-order valence-corrected chi connectivity index (χ1v) is 6.82. The lowest BCUT2D eigenvalue weighted by Gasteiger charge is -2.11. The third kappa shape index (κ3) is 3.56. The van der Waals surface area contributed by atoms with Crippen molar-refractivity contribution in [3.05, 3.63) is 58.1 Å². The van der Waals surface area contributed by atoms with Gasteiger partial charge in [0.2, 0.25) is 0 Å². The molecule has 0 radical (unpaired) electrons. The van der Waals surface area contributed by atoms with Crippen LogP contribution in [0.3, 0.4) is 0 Å². The van der Waals surface area contributed by atoms with Gasteiger partial charge in [-0.3, -0.25) is 0 Å². The summed E-state index contributed by atoms with van der Waals surface area (Å²) in [4.78, 5) is 0. The highest BCUT2D eigenvalue weighted by Crippen LogP contribution is 2.31. The Morgan fingerprint density at radius 2 is 1.89 bits per heavy atom. The van der Waals surface area contributed by atoms with Gasteiger partial charge in [-0.2, -0.15) is 0 Å². The number of aliphatic hydroxyl groups is 1. The van der Waals surface area contributed by atoms with Crippen molar-refractivity contribution < 1.29 is 9.84 Å². The molecule has 1 atom stereocenters. The first kappa shape index (κ1) is 14.1. The lowest BCUT2D eigenvalue weighted by atomic mass is 10.1. The molecule has 0 amide bonds. The van der Waals surface area contributed by atoms with Gasteiger partial charge in [-0.25, -0.2) is 0 Å². The Kier molecular flexibility index (Phi) is 4.58. The molecule has 0 aliphatic heterocycles. The molecule has 0 spiro atoms. The first-order valence-electron chi connectivity index (χ1n) is 6.03. The smallest absolute Gasteiger partial charge is 0.141 e. The Bertz CT molecular complexity index is 553. The van der Waals surface area contributed by atoms with Gasteiger partial charge in [-0.1, -0.05) is 18.2 Å². The van der Waals surface area contributed by atoms with Gasteiger partial charge in [0.1, 0.15) is 11.5 Å². The molecule has 2 rings (SSSR count). The number of hydrogen-bond donors (Lipinski definition) is 2. The summed E-state index contributed by atoms with van der Waals surface area (Å²) in [5, 5.41) is 8.98. The van der Waals surface area contributed by atoms with Gasteiger partial charge in [0.15, 0.2) is 0 Å². The molecule has 0 saturated carbocycles. The van der Waals surface area contributed by atoms with Crippen LogP contribution < -0.4 is 10.5 Å².